The summed E-state index contributed by atoms with van der Waals surface area (Å²) in [6.45, 7) is 11.4. The number of rotatable bonds is 10. The Kier molecular flexibility index (Phi) is 8.10. The molecule has 1 amide bonds. The van der Waals surface area contributed by atoms with E-state index in [-0.39, 0.29) is 11.6 Å². The second-order valence-electron chi connectivity index (χ2n) is 8.01. The fourth-order valence-corrected chi connectivity index (χ4v) is 4.65. The summed E-state index contributed by atoms with van der Waals surface area (Å²) in [4.78, 5) is 27.9. The molecule has 1 N–H and O–H groups in total. The molecular weight excluding hydrogens is 380 g/mol. The average Bonchev–Trinajstić information content (AvgIpc) is 3.06. The molecule has 1 aromatic heterocycles. The first kappa shape index (κ1) is 22.6. The van der Waals surface area contributed by atoms with Crippen LogP contribution in [0.3, 0.4) is 0 Å². The minimum Gasteiger partial charge on any atom is -0.379 e. The van der Waals surface area contributed by atoms with Crippen molar-refractivity contribution in [1.82, 2.24) is 19.4 Å². The Balaban J connectivity index is 1.63. The van der Waals surface area contributed by atoms with Crippen molar-refractivity contribution in [1.29, 1.82) is 0 Å². The van der Waals surface area contributed by atoms with Crippen molar-refractivity contribution in [2.45, 2.75) is 59.2 Å². The van der Waals surface area contributed by atoms with Gasteiger partial charge in [0.25, 0.3) is 0 Å². The second kappa shape index (κ2) is 10.8. The van der Waals surface area contributed by atoms with Gasteiger partial charge in [-0.15, -0.1) is 0 Å². The summed E-state index contributed by atoms with van der Waals surface area (Å²) >= 11 is 0. The van der Waals surface area contributed by atoms with Crippen molar-refractivity contribution in [3.05, 3.63) is 34.7 Å². The molecule has 0 spiro atoms. The lowest BCUT2D eigenvalue weighted by Crippen LogP contribution is -2.52. The van der Waals surface area contributed by atoms with Gasteiger partial charge in [-0.25, -0.2) is 4.79 Å². The summed E-state index contributed by atoms with van der Waals surface area (Å²) < 4.78 is 8.98. The molecule has 3 rings (SSSR count). The molecule has 1 aromatic carbocycles. The predicted octanol–water partition coefficient (Wildman–Crippen LogP) is 2.47. The first-order valence-electron chi connectivity index (χ1n) is 11.4. The Morgan fingerprint density at radius 1 is 1.07 bits per heavy atom. The van der Waals surface area contributed by atoms with Gasteiger partial charge in [0.1, 0.15) is 0 Å². The average molecular weight is 417 g/mol. The number of ether oxygens (including phenoxy) is 1. The van der Waals surface area contributed by atoms with Gasteiger partial charge in [0.05, 0.1) is 24.2 Å². The van der Waals surface area contributed by atoms with Gasteiger partial charge in [-0.3, -0.25) is 18.8 Å². The summed E-state index contributed by atoms with van der Waals surface area (Å²) in [5, 5.41) is 3.14. The van der Waals surface area contributed by atoms with Gasteiger partial charge < -0.3 is 10.1 Å². The SMILES string of the molecule is CCC(CC)C(CNC(=O)CCn1c(=O)n(CC)c2ccccc21)N1CCOCC1. The lowest BCUT2D eigenvalue weighted by Gasteiger charge is -2.38. The molecule has 1 fully saturated rings. The van der Waals surface area contributed by atoms with Gasteiger partial charge in [0.2, 0.25) is 5.91 Å². The Morgan fingerprint density at radius 2 is 1.70 bits per heavy atom. The highest BCUT2D eigenvalue weighted by molar-refractivity contribution is 5.78. The minimum absolute atomic E-state index is 0.000514. The van der Waals surface area contributed by atoms with E-state index in [1.165, 1.54) is 0 Å². The van der Waals surface area contributed by atoms with E-state index in [1.807, 2.05) is 31.2 Å². The standard InChI is InChI=1S/C23H36N4O3/c1-4-18(5-2)21(25-13-15-30-16-14-25)17-24-22(28)11-12-27-20-10-8-7-9-19(20)26(6-3)23(27)29/h7-10,18,21H,4-6,11-17H2,1-3H3,(H,24,28). The van der Waals surface area contributed by atoms with E-state index in [1.54, 1.807) is 9.13 Å². The van der Waals surface area contributed by atoms with E-state index in [2.05, 4.69) is 24.1 Å². The molecule has 2 heterocycles. The monoisotopic (exact) mass is 416 g/mol. The number of para-hydroxylation sites is 2. The molecule has 1 aliphatic rings. The van der Waals surface area contributed by atoms with Crippen LogP contribution >= 0.6 is 0 Å². The molecular formula is C23H36N4O3. The molecule has 7 heteroatoms. The third-order valence-electron chi connectivity index (χ3n) is 6.42. The van der Waals surface area contributed by atoms with Crippen LogP contribution in [0.5, 0.6) is 0 Å². The molecule has 1 unspecified atom stereocenters. The van der Waals surface area contributed by atoms with Crippen LogP contribution in [-0.4, -0.2) is 58.8 Å². The summed E-state index contributed by atoms with van der Waals surface area (Å²) in [6, 6.07) is 8.11. The highest BCUT2D eigenvalue weighted by Crippen LogP contribution is 2.19. The van der Waals surface area contributed by atoms with Crippen LogP contribution in [0.15, 0.2) is 29.1 Å². The van der Waals surface area contributed by atoms with Crippen LogP contribution in [0.4, 0.5) is 0 Å². The maximum Gasteiger partial charge on any atom is 0.329 e. The molecule has 1 saturated heterocycles. The number of aromatic nitrogens is 2. The maximum atomic E-state index is 12.7. The number of nitrogens with zero attached hydrogens (tertiary/aromatic N) is 3. The normalized spacial score (nSPS) is 16.3. The minimum atomic E-state index is -0.0466. The third kappa shape index (κ3) is 4.95. The molecule has 166 valence electrons. The zero-order valence-corrected chi connectivity index (χ0v) is 18.6. The predicted molar refractivity (Wildman–Crippen MR) is 120 cm³/mol. The van der Waals surface area contributed by atoms with E-state index in [0.29, 0.717) is 38.0 Å². The summed E-state index contributed by atoms with van der Waals surface area (Å²) in [6.07, 6.45) is 2.50. The molecule has 0 bridgehead atoms. The molecule has 30 heavy (non-hydrogen) atoms. The van der Waals surface area contributed by atoms with E-state index in [9.17, 15) is 9.59 Å². The highest BCUT2D eigenvalue weighted by Gasteiger charge is 2.27. The zero-order chi connectivity index (χ0) is 21.5. The number of hydrogen-bond donors (Lipinski definition) is 1. The third-order valence-corrected chi connectivity index (χ3v) is 6.42. The number of hydrogen-bond acceptors (Lipinski definition) is 4. The van der Waals surface area contributed by atoms with E-state index >= 15 is 0 Å². The van der Waals surface area contributed by atoms with E-state index in [0.717, 1.165) is 50.2 Å². The topological polar surface area (TPSA) is 68.5 Å². The van der Waals surface area contributed by atoms with Crippen molar-refractivity contribution < 1.29 is 9.53 Å². The van der Waals surface area contributed by atoms with Gasteiger partial charge in [-0.2, -0.15) is 0 Å². The number of fused-ring (bicyclic) bond motifs is 1. The van der Waals surface area contributed by atoms with Crippen LogP contribution in [-0.2, 0) is 22.6 Å². The highest BCUT2D eigenvalue weighted by atomic mass is 16.5. The molecule has 1 atom stereocenters. The first-order chi connectivity index (χ1) is 14.6. The van der Waals surface area contributed by atoms with Crippen LogP contribution in [0.25, 0.3) is 11.0 Å². The van der Waals surface area contributed by atoms with Crippen molar-refractivity contribution in [2.24, 2.45) is 5.92 Å². The van der Waals surface area contributed by atoms with Gasteiger partial charge >= 0.3 is 5.69 Å². The molecule has 0 radical (unpaired) electrons. The molecule has 1 aliphatic heterocycles. The number of carbonyl (C=O) groups is 1. The van der Waals surface area contributed by atoms with Crippen molar-refractivity contribution in [3.8, 4) is 0 Å². The Labute approximate surface area is 179 Å². The van der Waals surface area contributed by atoms with E-state index in [4.69, 9.17) is 4.74 Å². The summed E-state index contributed by atoms with van der Waals surface area (Å²) in [5.41, 5.74) is 1.77. The van der Waals surface area contributed by atoms with Gasteiger partial charge in [0, 0.05) is 45.2 Å². The number of carbonyl (C=O) groups excluding carboxylic acids is 1. The number of imidazole rings is 1. The van der Waals surface area contributed by atoms with Crippen molar-refractivity contribution in [3.63, 3.8) is 0 Å². The number of amides is 1. The van der Waals surface area contributed by atoms with E-state index < -0.39 is 0 Å². The number of aryl methyl sites for hydroxylation is 2. The van der Waals surface area contributed by atoms with Gasteiger partial charge in [0.15, 0.2) is 0 Å². The quantitative estimate of drug-likeness (QED) is 0.646. The Hall–Kier alpha value is -2.12. The summed E-state index contributed by atoms with van der Waals surface area (Å²) in [7, 11) is 0. The van der Waals surface area contributed by atoms with Crippen molar-refractivity contribution in [2.75, 3.05) is 32.8 Å². The molecule has 2 aromatic rings. The summed E-state index contributed by atoms with van der Waals surface area (Å²) in [5.74, 6) is 0.549. The second-order valence-corrected chi connectivity index (χ2v) is 8.01. The fourth-order valence-electron chi connectivity index (χ4n) is 4.65. The van der Waals surface area contributed by atoms with Crippen molar-refractivity contribution >= 4 is 16.9 Å². The van der Waals surface area contributed by atoms with Crippen LogP contribution in [0.1, 0.15) is 40.0 Å². The van der Waals surface area contributed by atoms with Gasteiger partial charge in [-0.05, 0) is 25.0 Å². The van der Waals surface area contributed by atoms with Crippen LogP contribution in [0, 0.1) is 5.92 Å². The number of benzene rings is 1. The zero-order valence-electron chi connectivity index (χ0n) is 18.6. The number of morpholine rings is 1. The lowest BCUT2D eigenvalue weighted by atomic mass is 9.92. The van der Waals surface area contributed by atoms with Gasteiger partial charge in [-0.1, -0.05) is 38.8 Å². The number of nitrogens with one attached hydrogen (secondary N) is 1. The molecule has 0 saturated carbocycles. The molecule has 7 nitrogen and oxygen atoms in total. The fraction of sp³-hybridized carbons (Fsp3) is 0.652. The maximum absolute atomic E-state index is 12.7. The Morgan fingerprint density at radius 3 is 2.30 bits per heavy atom. The van der Waals surface area contributed by atoms with Crippen LogP contribution in [0.2, 0.25) is 0 Å². The molecule has 0 aliphatic carbocycles. The first-order valence-corrected chi connectivity index (χ1v) is 11.4. The smallest absolute Gasteiger partial charge is 0.329 e. The lowest BCUT2D eigenvalue weighted by molar-refractivity contribution is -0.121. The van der Waals surface area contributed by atoms with Crippen LogP contribution < -0.4 is 11.0 Å². The largest absolute Gasteiger partial charge is 0.379 e. The Bertz CT molecular complexity index is 878.